The molecular weight excluding hydrogens is 230 g/mol. The number of hydrogen-bond acceptors (Lipinski definition) is 2. The molecule has 0 atom stereocenters. The lowest BCUT2D eigenvalue weighted by Gasteiger charge is -1.92. The van der Waals surface area contributed by atoms with Crippen molar-refractivity contribution in [2.75, 3.05) is 0 Å². The summed E-state index contributed by atoms with van der Waals surface area (Å²) < 4.78 is 0. The van der Waals surface area contributed by atoms with Gasteiger partial charge in [0.1, 0.15) is 0 Å². The third-order valence-corrected chi connectivity index (χ3v) is 1.66. The monoisotopic (exact) mass is 247 g/mol. The van der Waals surface area contributed by atoms with Gasteiger partial charge in [-0.25, -0.2) is 0 Å². The quantitative estimate of drug-likeness (QED) is 0.419. The van der Waals surface area contributed by atoms with Gasteiger partial charge < -0.3 is 16.6 Å². The van der Waals surface area contributed by atoms with Crippen molar-refractivity contribution in [1.82, 2.24) is 0 Å². The molecule has 0 radical (unpaired) electrons. The van der Waals surface area contributed by atoms with Crippen LogP contribution in [0.4, 0.5) is 0 Å². The molecule has 2 aromatic carbocycles. The molecule has 0 saturated carbocycles. The largest absolute Gasteiger partial charge is 0.481 e. The minimum atomic E-state index is -0.833. The molecule has 96 valence electrons. The Balaban J connectivity index is 0.000000307. The van der Waals surface area contributed by atoms with E-state index in [0.29, 0.717) is 0 Å². The highest BCUT2D eigenvalue weighted by atomic mass is 16.4. The second-order valence-corrected chi connectivity index (χ2v) is 3.32. The van der Waals surface area contributed by atoms with E-state index in [4.69, 9.17) is 15.3 Å². The first-order chi connectivity index (χ1) is 8.43. The van der Waals surface area contributed by atoms with Crippen LogP contribution in [0.1, 0.15) is 6.92 Å². The van der Waals surface area contributed by atoms with Crippen LogP contribution in [0, 0.1) is 5.41 Å². The van der Waals surface area contributed by atoms with Crippen LogP contribution < -0.4 is 11.5 Å². The summed E-state index contributed by atoms with van der Waals surface area (Å²) in [6.07, 6.45) is 0. The minimum absolute atomic E-state index is 0.333. The van der Waals surface area contributed by atoms with E-state index < -0.39 is 5.97 Å². The van der Waals surface area contributed by atoms with E-state index in [9.17, 15) is 0 Å². The van der Waals surface area contributed by atoms with Crippen LogP contribution >= 0.6 is 0 Å². The number of nitrogens with two attached hydrogens (primary N) is 2. The molecule has 2 rings (SSSR count). The fourth-order valence-corrected chi connectivity index (χ4v) is 1.13. The Morgan fingerprint density at radius 1 is 1.00 bits per heavy atom. The van der Waals surface area contributed by atoms with Crippen molar-refractivity contribution in [3.8, 4) is 0 Å². The molecule has 0 spiro atoms. The van der Waals surface area contributed by atoms with Gasteiger partial charge in [0.25, 0.3) is 5.97 Å². The van der Waals surface area contributed by atoms with Crippen molar-refractivity contribution in [3.05, 3.63) is 48.5 Å². The SMILES string of the molecule is CC(=O)O.N=C(N)N.c1ccc2ccccc2c1. The second kappa shape index (κ2) is 8.58. The molecule has 0 heterocycles. The molecule has 6 N–H and O–H groups in total. The Morgan fingerprint density at radius 3 is 1.33 bits per heavy atom. The maximum Gasteiger partial charge on any atom is 0.300 e. The zero-order chi connectivity index (χ0) is 14.0. The summed E-state index contributed by atoms with van der Waals surface area (Å²) in [4.78, 5) is 9.00. The Kier molecular flexibility index (Phi) is 7.36. The van der Waals surface area contributed by atoms with Crippen LogP contribution in [0.3, 0.4) is 0 Å². The van der Waals surface area contributed by atoms with Crippen molar-refractivity contribution in [3.63, 3.8) is 0 Å². The number of guanidine groups is 1. The van der Waals surface area contributed by atoms with E-state index in [0.717, 1.165) is 6.92 Å². The predicted octanol–water partition coefficient (Wildman–Crippen LogP) is 1.77. The third-order valence-electron chi connectivity index (χ3n) is 1.66. The first-order valence-corrected chi connectivity index (χ1v) is 5.16. The lowest BCUT2D eigenvalue weighted by atomic mass is 10.1. The number of fused-ring (bicyclic) bond motifs is 1. The standard InChI is InChI=1S/C10H8.C2H4O2.CH5N3/c1-2-6-10-8-4-3-7-9(10)5-1;1-2(3)4;2-1(3)4/h1-8H;1H3,(H,3,4);(H5,2,3,4). The lowest BCUT2D eigenvalue weighted by molar-refractivity contribution is -0.134. The maximum absolute atomic E-state index is 9.00. The molecule has 0 aromatic heterocycles. The van der Waals surface area contributed by atoms with Gasteiger partial charge in [-0.1, -0.05) is 48.5 Å². The highest BCUT2D eigenvalue weighted by molar-refractivity contribution is 5.82. The molecule has 18 heavy (non-hydrogen) atoms. The summed E-state index contributed by atoms with van der Waals surface area (Å²) >= 11 is 0. The molecule has 0 aliphatic carbocycles. The summed E-state index contributed by atoms with van der Waals surface area (Å²) in [5.74, 6) is -1.17. The summed E-state index contributed by atoms with van der Waals surface area (Å²) in [5, 5.41) is 16.1. The number of aliphatic carboxylic acids is 1. The summed E-state index contributed by atoms with van der Waals surface area (Å²) in [6, 6.07) is 16.7. The molecule has 2 aromatic rings. The van der Waals surface area contributed by atoms with Crippen LogP contribution in [0.5, 0.6) is 0 Å². The van der Waals surface area contributed by atoms with Crippen molar-refractivity contribution < 1.29 is 9.90 Å². The Bertz CT molecular complexity index is 427. The van der Waals surface area contributed by atoms with Gasteiger partial charge >= 0.3 is 0 Å². The summed E-state index contributed by atoms with van der Waals surface area (Å²) in [5.41, 5.74) is 8.94. The van der Waals surface area contributed by atoms with Crippen LogP contribution in [0.25, 0.3) is 10.8 Å². The minimum Gasteiger partial charge on any atom is -0.481 e. The normalized spacial score (nSPS) is 8.28. The fourth-order valence-electron chi connectivity index (χ4n) is 1.13. The van der Waals surface area contributed by atoms with Gasteiger partial charge in [-0.2, -0.15) is 0 Å². The first-order valence-electron chi connectivity index (χ1n) is 5.16. The number of rotatable bonds is 0. The van der Waals surface area contributed by atoms with E-state index in [-0.39, 0.29) is 5.96 Å². The van der Waals surface area contributed by atoms with Gasteiger partial charge in [0, 0.05) is 6.92 Å². The zero-order valence-corrected chi connectivity index (χ0v) is 10.1. The number of carbonyl (C=O) groups is 1. The Morgan fingerprint density at radius 2 is 1.17 bits per heavy atom. The van der Waals surface area contributed by atoms with E-state index >= 15 is 0 Å². The average molecular weight is 247 g/mol. The van der Waals surface area contributed by atoms with Gasteiger partial charge in [0.05, 0.1) is 0 Å². The molecule has 5 nitrogen and oxygen atoms in total. The van der Waals surface area contributed by atoms with Crippen LogP contribution in [0.15, 0.2) is 48.5 Å². The van der Waals surface area contributed by atoms with Crippen molar-refractivity contribution in [1.29, 1.82) is 5.41 Å². The van der Waals surface area contributed by atoms with Gasteiger partial charge in [0.15, 0.2) is 5.96 Å². The number of nitrogens with one attached hydrogen (secondary N) is 1. The highest BCUT2D eigenvalue weighted by Crippen LogP contribution is 2.11. The topological polar surface area (TPSA) is 113 Å². The van der Waals surface area contributed by atoms with Gasteiger partial charge in [0.2, 0.25) is 0 Å². The van der Waals surface area contributed by atoms with Gasteiger partial charge in [-0.3, -0.25) is 10.2 Å². The number of carboxylic acids is 1. The van der Waals surface area contributed by atoms with Crippen molar-refractivity contribution in [2.45, 2.75) is 6.92 Å². The van der Waals surface area contributed by atoms with Crippen molar-refractivity contribution >= 4 is 22.7 Å². The Labute approximate surface area is 106 Å². The summed E-state index contributed by atoms with van der Waals surface area (Å²) in [6.45, 7) is 1.08. The van der Waals surface area contributed by atoms with E-state index in [1.807, 2.05) is 0 Å². The average Bonchev–Trinajstić information content (AvgIpc) is 2.28. The molecule has 0 unspecified atom stereocenters. The van der Waals surface area contributed by atoms with Crippen LogP contribution in [0.2, 0.25) is 0 Å². The molecule has 0 saturated heterocycles. The second-order valence-electron chi connectivity index (χ2n) is 3.32. The maximum atomic E-state index is 9.00. The van der Waals surface area contributed by atoms with Crippen LogP contribution in [-0.2, 0) is 4.79 Å². The zero-order valence-electron chi connectivity index (χ0n) is 10.1. The molecule has 0 bridgehead atoms. The predicted molar refractivity (Wildman–Crippen MR) is 73.4 cm³/mol. The fraction of sp³-hybridized carbons (Fsp3) is 0.0769. The molecule has 0 aliphatic heterocycles. The molecule has 0 amide bonds. The molecular formula is C13H17N3O2. The number of carboxylic acid groups (broad SMARTS) is 1. The van der Waals surface area contributed by atoms with E-state index in [1.54, 1.807) is 0 Å². The smallest absolute Gasteiger partial charge is 0.300 e. The van der Waals surface area contributed by atoms with Crippen molar-refractivity contribution in [2.24, 2.45) is 11.5 Å². The van der Waals surface area contributed by atoms with Gasteiger partial charge in [-0.15, -0.1) is 0 Å². The number of benzene rings is 2. The first kappa shape index (κ1) is 15.4. The van der Waals surface area contributed by atoms with E-state index in [2.05, 4.69) is 60.0 Å². The number of hydrogen-bond donors (Lipinski definition) is 4. The van der Waals surface area contributed by atoms with Crippen LogP contribution in [-0.4, -0.2) is 17.0 Å². The lowest BCUT2D eigenvalue weighted by Crippen LogP contribution is -2.20. The molecule has 0 aliphatic rings. The molecule has 5 heteroatoms. The Hall–Kier alpha value is -2.56. The van der Waals surface area contributed by atoms with Gasteiger partial charge in [-0.05, 0) is 10.8 Å². The third kappa shape index (κ3) is 8.72. The van der Waals surface area contributed by atoms with E-state index in [1.165, 1.54) is 10.8 Å². The highest BCUT2D eigenvalue weighted by Gasteiger charge is 1.85. The summed E-state index contributed by atoms with van der Waals surface area (Å²) in [7, 11) is 0. The molecule has 0 fully saturated rings.